The maximum Gasteiger partial charge on any atom is 0.410 e. The molecular formula is C19H33NO4. The highest BCUT2D eigenvalue weighted by molar-refractivity contribution is 5.72. The van der Waals surface area contributed by atoms with Gasteiger partial charge in [-0.05, 0) is 60.3 Å². The molecule has 2 fully saturated rings. The second-order valence-corrected chi connectivity index (χ2v) is 9.43. The van der Waals surface area contributed by atoms with Crippen molar-refractivity contribution in [2.45, 2.75) is 84.8 Å². The van der Waals surface area contributed by atoms with Crippen LogP contribution < -0.4 is 0 Å². The van der Waals surface area contributed by atoms with Gasteiger partial charge in [0.05, 0.1) is 6.42 Å². The Kier molecular flexibility index (Phi) is 5.22. The first-order valence-corrected chi connectivity index (χ1v) is 9.10. The van der Waals surface area contributed by atoms with Gasteiger partial charge >= 0.3 is 12.1 Å². The van der Waals surface area contributed by atoms with E-state index in [1.165, 1.54) is 6.42 Å². The molecule has 2 rings (SSSR count). The summed E-state index contributed by atoms with van der Waals surface area (Å²) in [5.41, 5.74) is -1.11. The van der Waals surface area contributed by atoms with Crippen molar-refractivity contribution in [3.63, 3.8) is 0 Å². The van der Waals surface area contributed by atoms with Crippen molar-refractivity contribution in [1.29, 1.82) is 0 Å². The molecule has 2 aliphatic rings. The topological polar surface area (TPSA) is 55.8 Å². The summed E-state index contributed by atoms with van der Waals surface area (Å²) in [4.78, 5) is 26.7. The van der Waals surface area contributed by atoms with Crippen LogP contribution in [0.2, 0.25) is 0 Å². The molecule has 5 heteroatoms. The number of rotatable bonds is 2. The van der Waals surface area contributed by atoms with E-state index in [0.29, 0.717) is 25.4 Å². The molecule has 1 saturated carbocycles. The molecule has 0 unspecified atom stereocenters. The molecule has 0 aromatic heterocycles. The first-order valence-electron chi connectivity index (χ1n) is 9.10. The van der Waals surface area contributed by atoms with Gasteiger partial charge < -0.3 is 14.4 Å². The highest BCUT2D eigenvalue weighted by atomic mass is 16.6. The van der Waals surface area contributed by atoms with Crippen LogP contribution in [0, 0.1) is 11.3 Å². The van der Waals surface area contributed by atoms with Crippen LogP contribution in [0.15, 0.2) is 0 Å². The number of nitrogens with zero attached hydrogens (tertiary/aromatic N) is 1. The number of carbonyl (C=O) groups is 2. The van der Waals surface area contributed by atoms with Crippen molar-refractivity contribution in [1.82, 2.24) is 4.90 Å². The Bertz CT molecular complexity index is 489. The largest absolute Gasteiger partial charge is 0.460 e. The van der Waals surface area contributed by atoms with Crippen molar-refractivity contribution < 1.29 is 19.1 Å². The third-order valence-corrected chi connectivity index (χ3v) is 4.86. The molecule has 0 N–H and O–H groups in total. The first-order chi connectivity index (χ1) is 10.9. The summed E-state index contributed by atoms with van der Waals surface area (Å²) in [6.45, 7) is 12.6. The second-order valence-electron chi connectivity index (χ2n) is 9.43. The van der Waals surface area contributed by atoms with Crippen LogP contribution in [0.3, 0.4) is 0 Å². The normalized spacial score (nSPS) is 27.6. The van der Waals surface area contributed by atoms with Gasteiger partial charge in [-0.2, -0.15) is 0 Å². The minimum Gasteiger partial charge on any atom is -0.460 e. The molecule has 2 atom stereocenters. The Morgan fingerprint density at radius 1 is 1.04 bits per heavy atom. The minimum absolute atomic E-state index is 0.141. The summed E-state index contributed by atoms with van der Waals surface area (Å²) in [6.07, 6.45) is 4.47. The number of fused-ring (bicyclic) bond motifs is 1. The number of ether oxygens (including phenoxy) is 2. The van der Waals surface area contributed by atoms with Crippen molar-refractivity contribution in [3.05, 3.63) is 0 Å². The Balaban J connectivity index is 2.08. The van der Waals surface area contributed by atoms with Gasteiger partial charge in [0.25, 0.3) is 0 Å². The lowest BCUT2D eigenvalue weighted by molar-refractivity contribution is -0.158. The number of carbonyl (C=O) groups excluding carboxylic acids is 2. The molecule has 24 heavy (non-hydrogen) atoms. The molecule has 5 nitrogen and oxygen atoms in total. The van der Waals surface area contributed by atoms with E-state index in [-0.39, 0.29) is 17.5 Å². The summed E-state index contributed by atoms with van der Waals surface area (Å²) < 4.78 is 11.1. The van der Waals surface area contributed by atoms with Gasteiger partial charge in [-0.1, -0.05) is 12.8 Å². The highest BCUT2D eigenvalue weighted by Gasteiger charge is 2.51. The Morgan fingerprint density at radius 3 is 2.25 bits per heavy atom. The van der Waals surface area contributed by atoms with E-state index >= 15 is 0 Å². The monoisotopic (exact) mass is 339 g/mol. The summed E-state index contributed by atoms with van der Waals surface area (Å²) in [5.74, 6) is 0.215. The molecule has 1 heterocycles. The van der Waals surface area contributed by atoms with Crippen LogP contribution in [0.1, 0.15) is 73.6 Å². The van der Waals surface area contributed by atoms with Crippen LogP contribution in [0.25, 0.3) is 0 Å². The first kappa shape index (κ1) is 19.1. The van der Waals surface area contributed by atoms with E-state index < -0.39 is 11.2 Å². The molecule has 138 valence electrons. The average Bonchev–Trinajstić information content (AvgIpc) is 2.73. The summed E-state index contributed by atoms with van der Waals surface area (Å²) in [7, 11) is 0. The van der Waals surface area contributed by atoms with Crippen molar-refractivity contribution in [2.24, 2.45) is 11.3 Å². The lowest BCUT2D eigenvalue weighted by atomic mass is 9.66. The molecule has 0 aromatic carbocycles. The van der Waals surface area contributed by atoms with Gasteiger partial charge in [0.15, 0.2) is 0 Å². The Hall–Kier alpha value is -1.26. The van der Waals surface area contributed by atoms with Crippen LogP contribution in [0.5, 0.6) is 0 Å². The molecule has 1 saturated heterocycles. The standard InChI is InChI=1S/C19H33NO4/c1-17(2,3)23-15(21)11-19-10-8-7-9-14(19)12-20(13-19)16(22)24-18(4,5)6/h14H,7-13H2,1-6H3/t14-,19-/m1/s1. The molecule has 1 aliphatic heterocycles. The number of esters is 1. The van der Waals surface area contributed by atoms with Gasteiger partial charge in [0.2, 0.25) is 0 Å². The van der Waals surface area contributed by atoms with Crippen molar-refractivity contribution in [2.75, 3.05) is 13.1 Å². The fraction of sp³-hybridized carbons (Fsp3) is 0.895. The summed E-state index contributed by atoms with van der Waals surface area (Å²) in [5, 5.41) is 0. The third-order valence-electron chi connectivity index (χ3n) is 4.86. The zero-order chi connectivity index (χ0) is 18.2. The zero-order valence-electron chi connectivity index (χ0n) is 16.1. The molecular weight excluding hydrogens is 306 g/mol. The molecule has 0 aromatic rings. The van der Waals surface area contributed by atoms with Crippen LogP contribution in [-0.4, -0.2) is 41.3 Å². The van der Waals surface area contributed by atoms with Crippen LogP contribution >= 0.6 is 0 Å². The van der Waals surface area contributed by atoms with Crippen LogP contribution in [-0.2, 0) is 14.3 Å². The third kappa shape index (κ3) is 4.87. The van der Waals surface area contributed by atoms with Crippen molar-refractivity contribution >= 4 is 12.1 Å². The predicted octanol–water partition coefficient (Wildman–Crippen LogP) is 4.15. The number of amides is 1. The second kappa shape index (κ2) is 6.57. The Labute approximate surface area is 146 Å². The molecule has 0 spiro atoms. The zero-order valence-corrected chi connectivity index (χ0v) is 16.1. The fourth-order valence-electron chi connectivity index (χ4n) is 4.00. The van der Waals surface area contributed by atoms with Gasteiger partial charge in [-0.3, -0.25) is 4.79 Å². The molecule has 1 aliphatic carbocycles. The minimum atomic E-state index is -0.497. The molecule has 0 bridgehead atoms. The highest BCUT2D eigenvalue weighted by Crippen LogP contribution is 2.49. The number of likely N-dealkylation sites (tertiary alicyclic amines) is 1. The van der Waals surface area contributed by atoms with Gasteiger partial charge in [0, 0.05) is 18.5 Å². The Morgan fingerprint density at radius 2 is 1.67 bits per heavy atom. The maximum absolute atomic E-state index is 12.4. The smallest absolute Gasteiger partial charge is 0.410 e. The molecule has 1 amide bonds. The van der Waals surface area contributed by atoms with Gasteiger partial charge in [-0.25, -0.2) is 4.79 Å². The SMILES string of the molecule is CC(C)(C)OC(=O)C[C@@]12CCCC[C@@H]1CN(C(=O)OC(C)(C)C)C2. The van der Waals surface area contributed by atoms with Crippen LogP contribution in [0.4, 0.5) is 4.79 Å². The van der Waals surface area contributed by atoms with Gasteiger partial charge in [-0.15, -0.1) is 0 Å². The predicted molar refractivity (Wildman–Crippen MR) is 92.7 cm³/mol. The number of hydrogen-bond donors (Lipinski definition) is 0. The van der Waals surface area contributed by atoms with E-state index in [2.05, 4.69) is 0 Å². The maximum atomic E-state index is 12.4. The summed E-state index contributed by atoms with van der Waals surface area (Å²) in [6, 6.07) is 0. The number of hydrogen-bond acceptors (Lipinski definition) is 4. The molecule has 0 radical (unpaired) electrons. The van der Waals surface area contributed by atoms with Crippen molar-refractivity contribution in [3.8, 4) is 0 Å². The van der Waals surface area contributed by atoms with E-state index in [9.17, 15) is 9.59 Å². The van der Waals surface area contributed by atoms with E-state index in [1.807, 2.05) is 41.5 Å². The quantitative estimate of drug-likeness (QED) is 0.709. The van der Waals surface area contributed by atoms with E-state index in [1.54, 1.807) is 4.90 Å². The lowest BCUT2D eigenvalue weighted by Gasteiger charge is -2.38. The average molecular weight is 339 g/mol. The lowest BCUT2D eigenvalue weighted by Crippen LogP contribution is -2.39. The van der Waals surface area contributed by atoms with Gasteiger partial charge in [0.1, 0.15) is 11.2 Å². The van der Waals surface area contributed by atoms with E-state index in [0.717, 1.165) is 19.3 Å². The fourth-order valence-corrected chi connectivity index (χ4v) is 4.00. The summed E-state index contributed by atoms with van der Waals surface area (Å²) >= 11 is 0. The van der Waals surface area contributed by atoms with E-state index in [4.69, 9.17) is 9.47 Å².